The quantitative estimate of drug-likeness (QED) is 0.838. The predicted molar refractivity (Wildman–Crippen MR) is 97.7 cm³/mol. The summed E-state index contributed by atoms with van der Waals surface area (Å²) in [6.45, 7) is 4.78. The van der Waals surface area contributed by atoms with Crippen LogP contribution in [0.5, 0.6) is 5.75 Å². The van der Waals surface area contributed by atoms with Gasteiger partial charge in [0.25, 0.3) is 0 Å². The number of ether oxygens (including phenoxy) is 1. The van der Waals surface area contributed by atoms with Crippen molar-refractivity contribution in [3.63, 3.8) is 0 Å². The molecule has 2 aromatic heterocycles. The van der Waals surface area contributed by atoms with Crippen molar-refractivity contribution >= 4 is 17.7 Å². The normalized spacial score (nSPS) is 16.2. The standard InChI is InChI=1S/C18H23N5O3/c1-12-11-15(22-17(19-3)21-12)23-9-6-18(7-10-23,16(24)25)26-14-5-4-8-20-13(14)2/h4-5,8,11H,6-7,9-10H2,1-3H3,(H,24,25)(H,19,21,22). The van der Waals surface area contributed by atoms with Crippen molar-refractivity contribution in [1.29, 1.82) is 0 Å². The zero-order valence-corrected chi connectivity index (χ0v) is 15.2. The molecule has 0 aliphatic carbocycles. The first-order valence-electron chi connectivity index (χ1n) is 8.56. The van der Waals surface area contributed by atoms with Crippen molar-refractivity contribution in [2.45, 2.75) is 32.3 Å². The van der Waals surface area contributed by atoms with Gasteiger partial charge in [-0.15, -0.1) is 0 Å². The summed E-state index contributed by atoms with van der Waals surface area (Å²) in [7, 11) is 1.77. The fourth-order valence-electron chi connectivity index (χ4n) is 3.07. The summed E-state index contributed by atoms with van der Waals surface area (Å²) >= 11 is 0. The van der Waals surface area contributed by atoms with Gasteiger partial charge in [0.05, 0.1) is 5.69 Å². The van der Waals surface area contributed by atoms with E-state index in [9.17, 15) is 9.90 Å². The molecule has 0 radical (unpaired) electrons. The third-order valence-corrected chi connectivity index (χ3v) is 4.61. The number of aryl methyl sites for hydroxylation is 2. The molecule has 3 rings (SSSR count). The lowest BCUT2D eigenvalue weighted by atomic mass is 9.91. The Labute approximate surface area is 152 Å². The van der Waals surface area contributed by atoms with Crippen LogP contribution in [-0.2, 0) is 4.79 Å². The van der Waals surface area contributed by atoms with Gasteiger partial charge in [0, 0.05) is 50.9 Å². The van der Waals surface area contributed by atoms with Crippen LogP contribution in [-0.4, -0.2) is 51.8 Å². The minimum atomic E-state index is -1.25. The van der Waals surface area contributed by atoms with Gasteiger partial charge in [-0.25, -0.2) is 9.78 Å². The first-order chi connectivity index (χ1) is 12.4. The van der Waals surface area contributed by atoms with Crippen LogP contribution < -0.4 is 15.0 Å². The van der Waals surface area contributed by atoms with E-state index in [1.807, 2.05) is 19.9 Å². The molecule has 3 heterocycles. The highest BCUT2D eigenvalue weighted by Crippen LogP contribution is 2.32. The summed E-state index contributed by atoms with van der Waals surface area (Å²) in [5.74, 6) is 0.907. The van der Waals surface area contributed by atoms with Crippen LogP contribution in [0.3, 0.4) is 0 Å². The van der Waals surface area contributed by atoms with Gasteiger partial charge in [0.2, 0.25) is 11.5 Å². The van der Waals surface area contributed by atoms with Crippen molar-refractivity contribution in [1.82, 2.24) is 15.0 Å². The van der Waals surface area contributed by atoms with Crippen molar-refractivity contribution in [3.8, 4) is 5.75 Å². The lowest BCUT2D eigenvalue weighted by molar-refractivity contribution is -0.157. The molecule has 1 fully saturated rings. The largest absolute Gasteiger partial charge is 0.478 e. The van der Waals surface area contributed by atoms with Crippen LogP contribution in [0.2, 0.25) is 0 Å². The molecule has 0 atom stereocenters. The molecule has 1 saturated heterocycles. The Hall–Kier alpha value is -2.90. The predicted octanol–water partition coefficient (Wildman–Crippen LogP) is 2.03. The number of carbonyl (C=O) groups is 1. The highest BCUT2D eigenvalue weighted by atomic mass is 16.5. The van der Waals surface area contributed by atoms with Gasteiger partial charge in [-0.3, -0.25) is 4.98 Å². The maximum atomic E-state index is 12.0. The third-order valence-electron chi connectivity index (χ3n) is 4.61. The number of hydrogen-bond acceptors (Lipinski definition) is 7. The van der Waals surface area contributed by atoms with Crippen LogP contribution in [0.25, 0.3) is 0 Å². The maximum Gasteiger partial charge on any atom is 0.348 e. The van der Waals surface area contributed by atoms with Crippen LogP contribution in [0.4, 0.5) is 11.8 Å². The highest BCUT2D eigenvalue weighted by molar-refractivity contribution is 5.78. The fourth-order valence-corrected chi connectivity index (χ4v) is 3.07. The van der Waals surface area contributed by atoms with Crippen molar-refractivity contribution < 1.29 is 14.6 Å². The molecule has 0 bridgehead atoms. The van der Waals surface area contributed by atoms with Crippen molar-refractivity contribution in [3.05, 3.63) is 35.8 Å². The third kappa shape index (κ3) is 3.54. The van der Waals surface area contributed by atoms with E-state index in [1.165, 1.54) is 0 Å². The summed E-state index contributed by atoms with van der Waals surface area (Å²) in [5.41, 5.74) is 0.287. The second-order valence-corrected chi connectivity index (χ2v) is 6.42. The maximum absolute atomic E-state index is 12.0. The van der Waals surface area contributed by atoms with Gasteiger partial charge < -0.3 is 20.1 Å². The minimum absolute atomic E-state index is 0.356. The molecule has 0 unspecified atom stereocenters. The molecule has 2 aromatic rings. The van der Waals surface area contributed by atoms with Gasteiger partial charge in [-0.05, 0) is 26.0 Å². The van der Waals surface area contributed by atoms with Gasteiger partial charge in [0.15, 0.2) is 0 Å². The molecule has 1 aliphatic heterocycles. The lowest BCUT2D eigenvalue weighted by Gasteiger charge is -2.39. The van der Waals surface area contributed by atoms with Gasteiger partial charge in [0.1, 0.15) is 11.6 Å². The number of hydrogen-bond donors (Lipinski definition) is 2. The molecule has 26 heavy (non-hydrogen) atoms. The highest BCUT2D eigenvalue weighted by Gasteiger charge is 2.44. The number of carboxylic acids is 1. The Morgan fingerprint density at radius 2 is 2.04 bits per heavy atom. The van der Waals surface area contributed by atoms with E-state index < -0.39 is 11.6 Å². The number of carboxylic acid groups (broad SMARTS) is 1. The monoisotopic (exact) mass is 357 g/mol. The van der Waals surface area contributed by atoms with E-state index in [2.05, 4.69) is 25.2 Å². The molecular weight excluding hydrogens is 334 g/mol. The van der Waals surface area contributed by atoms with E-state index in [1.54, 1.807) is 25.4 Å². The second kappa shape index (κ2) is 7.15. The zero-order valence-electron chi connectivity index (χ0n) is 15.2. The molecule has 0 aromatic carbocycles. The van der Waals surface area contributed by atoms with Gasteiger partial charge in [-0.2, -0.15) is 4.98 Å². The number of pyridine rings is 1. The van der Waals surface area contributed by atoms with Crippen molar-refractivity contribution in [2.75, 3.05) is 30.4 Å². The van der Waals surface area contributed by atoms with E-state index in [-0.39, 0.29) is 0 Å². The Morgan fingerprint density at radius 1 is 1.31 bits per heavy atom. The Kier molecular flexibility index (Phi) is 4.92. The number of piperidine rings is 1. The SMILES string of the molecule is CNc1nc(C)cc(N2CCC(Oc3cccnc3C)(C(=O)O)CC2)n1. The summed E-state index contributed by atoms with van der Waals surface area (Å²) < 4.78 is 5.95. The molecule has 138 valence electrons. The summed E-state index contributed by atoms with van der Waals surface area (Å²) in [4.78, 5) is 27.0. The Morgan fingerprint density at radius 3 is 2.65 bits per heavy atom. The number of aliphatic carboxylic acids is 1. The topological polar surface area (TPSA) is 100 Å². The number of rotatable bonds is 5. The molecule has 8 heteroatoms. The van der Waals surface area contributed by atoms with Crippen LogP contribution in [0, 0.1) is 13.8 Å². The van der Waals surface area contributed by atoms with E-state index >= 15 is 0 Å². The number of anilines is 2. The van der Waals surface area contributed by atoms with E-state index in [4.69, 9.17) is 4.74 Å². The molecule has 2 N–H and O–H groups in total. The average molecular weight is 357 g/mol. The summed E-state index contributed by atoms with van der Waals surface area (Å²) in [5, 5.41) is 12.8. The van der Waals surface area contributed by atoms with Gasteiger partial charge >= 0.3 is 5.97 Å². The lowest BCUT2D eigenvalue weighted by Crippen LogP contribution is -2.53. The molecule has 0 spiro atoms. The molecule has 0 saturated carbocycles. The zero-order chi connectivity index (χ0) is 18.7. The summed E-state index contributed by atoms with van der Waals surface area (Å²) in [6, 6.07) is 5.41. The van der Waals surface area contributed by atoms with E-state index in [0.717, 1.165) is 11.5 Å². The number of nitrogens with zero attached hydrogens (tertiary/aromatic N) is 4. The Bertz CT molecular complexity index is 803. The number of nitrogens with one attached hydrogen (secondary N) is 1. The van der Waals surface area contributed by atoms with E-state index in [0.29, 0.717) is 43.3 Å². The smallest absolute Gasteiger partial charge is 0.348 e. The van der Waals surface area contributed by atoms with Crippen LogP contribution in [0.15, 0.2) is 24.4 Å². The van der Waals surface area contributed by atoms with Crippen LogP contribution in [0.1, 0.15) is 24.2 Å². The van der Waals surface area contributed by atoms with Gasteiger partial charge in [-0.1, -0.05) is 0 Å². The molecular formula is C18H23N5O3. The summed E-state index contributed by atoms with van der Waals surface area (Å²) in [6.07, 6.45) is 2.37. The minimum Gasteiger partial charge on any atom is -0.478 e. The first-order valence-corrected chi connectivity index (χ1v) is 8.56. The van der Waals surface area contributed by atoms with Crippen LogP contribution >= 0.6 is 0 Å². The van der Waals surface area contributed by atoms with Crippen molar-refractivity contribution in [2.24, 2.45) is 0 Å². The fraction of sp³-hybridized carbons (Fsp3) is 0.444. The molecule has 0 amide bonds. The first kappa shape index (κ1) is 17.9. The Balaban J connectivity index is 1.79. The average Bonchev–Trinajstić information content (AvgIpc) is 2.63. The molecule has 1 aliphatic rings. The second-order valence-electron chi connectivity index (χ2n) is 6.42. The number of aromatic nitrogens is 3. The molecule has 8 nitrogen and oxygen atoms in total.